The number of rotatable bonds is 8. The van der Waals surface area contributed by atoms with Gasteiger partial charge in [-0.1, -0.05) is 19.9 Å². The molecule has 9 nitrogen and oxygen atoms in total. The molecule has 1 amide bonds. The molecule has 246 valence electrons. The average Bonchev–Trinajstić information content (AvgIpc) is 3.48. The zero-order chi connectivity index (χ0) is 33.5. The summed E-state index contributed by atoms with van der Waals surface area (Å²) in [6.07, 6.45) is 0.0323. The van der Waals surface area contributed by atoms with Crippen molar-refractivity contribution in [3.05, 3.63) is 105 Å². The standard InChI is InChI=1S/C35H35FN2O7S2/c1-35(2)17-27-34(47(41,42)20-35)33(25-10-8-24(16-26(25)36)45-18-21-12-13-46-19-21)38(28-6-5-7-29(39)32(28)37-27)31(40)15-22-14-23(43-3)9-11-30(22)44-4/h5-14,16,19,33,37,39H,15,17-18,20H2,1-4H3/t33-/m1/s1. The first-order valence-corrected chi connectivity index (χ1v) is 17.5. The number of carbonyl (C=O) groups is 1. The van der Waals surface area contributed by atoms with E-state index in [0.29, 0.717) is 22.8 Å². The second-order valence-corrected chi connectivity index (χ2v) is 15.1. The minimum atomic E-state index is -4.07. The molecule has 0 bridgehead atoms. The number of nitrogens with one attached hydrogen (secondary N) is 1. The highest BCUT2D eigenvalue weighted by Gasteiger charge is 2.47. The van der Waals surface area contributed by atoms with Crippen molar-refractivity contribution < 1.29 is 36.9 Å². The second kappa shape index (κ2) is 12.6. The van der Waals surface area contributed by atoms with Crippen LogP contribution < -0.4 is 24.4 Å². The number of phenols is 1. The van der Waals surface area contributed by atoms with Gasteiger partial charge in [-0.2, -0.15) is 11.3 Å². The second-order valence-electron chi connectivity index (χ2n) is 12.4. The number of ether oxygens (including phenoxy) is 3. The van der Waals surface area contributed by atoms with E-state index in [2.05, 4.69) is 5.32 Å². The molecular formula is C35H35FN2O7S2. The minimum Gasteiger partial charge on any atom is -0.506 e. The Morgan fingerprint density at radius 1 is 1.09 bits per heavy atom. The number of para-hydroxylation sites is 1. The Hall–Kier alpha value is -4.55. The van der Waals surface area contributed by atoms with E-state index in [1.165, 1.54) is 48.7 Å². The first-order valence-electron chi connectivity index (χ1n) is 14.9. The van der Waals surface area contributed by atoms with E-state index < -0.39 is 33.0 Å². The van der Waals surface area contributed by atoms with Gasteiger partial charge in [0.25, 0.3) is 0 Å². The lowest BCUT2D eigenvalue weighted by atomic mass is 9.88. The Morgan fingerprint density at radius 2 is 1.87 bits per heavy atom. The van der Waals surface area contributed by atoms with Gasteiger partial charge in [0.15, 0.2) is 9.84 Å². The molecule has 3 aromatic carbocycles. The fourth-order valence-corrected chi connectivity index (χ4v) is 9.30. The number of halogens is 1. The van der Waals surface area contributed by atoms with Gasteiger partial charge in [0.1, 0.15) is 47.2 Å². The van der Waals surface area contributed by atoms with Gasteiger partial charge in [-0.25, -0.2) is 12.8 Å². The highest BCUT2D eigenvalue weighted by atomic mass is 32.2. The number of sulfone groups is 1. The number of aromatic hydroxyl groups is 1. The maximum atomic E-state index is 16.4. The Morgan fingerprint density at radius 3 is 2.57 bits per heavy atom. The molecule has 0 spiro atoms. The van der Waals surface area contributed by atoms with Crippen molar-refractivity contribution in [1.82, 2.24) is 0 Å². The maximum Gasteiger partial charge on any atom is 0.232 e. The minimum absolute atomic E-state index is 0.0346. The van der Waals surface area contributed by atoms with Crippen LogP contribution in [0.2, 0.25) is 0 Å². The van der Waals surface area contributed by atoms with Crippen molar-refractivity contribution >= 4 is 38.5 Å². The van der Waals surface area contributed by atoms with Crippen molar-refractivity contribution in [2.45, 2.75) is 39.3 Å². The van der Waals surface area contributed by atoms with Gasteiger partial charge in [0.2, 0.25) is 5.91 Å². The van der Waals surface area contributed by atoms with Crippen molar-refractivity contribution in [1.29, 1.82) is 0 Å². The molecule has 0 saturated carbocycles. The number of benzene rings is 3. The number of thiophene rings is 1. The molecule has 3 heterocycles. The van der Waals surface area contributed by atoms with Gasteiger partial charge in [0, 0.05) is 22.9 Å². The normalized spacial score (nSPS) is 18.0. The highest BCUT2D eigenvalue weighted by molar-refractivity contribution is 7.95. The lowest BCUT2D eigenvalue weighted by Gasteiger charge is -2.37. The van der Waals surface area contributed by atoms with E-state index in [1.807, 2.05) is 30.7 Å². The zero-order valence-electron chi connectivity index (χ0n) is 26.4. The van der Waals surface area contributed by atoms with E-state index in [9.17, 15) is 18.3 Å². The molecule has 2 aliphatic heterocycles. The van der Waals surface area contributed by atoms with Gasteiger partial charge in [0.05, 0.1) is 37.0 Å². The van der Waals surface area contributed by atoms with Crippen LogP contribution >= 0.6 is 11.3 Å². The summed E-state index contributed by atoms with van der Waals surface area (Å²) in [5.41, 5.74) is 1.34. The SMILES string of the molecule is COc1ccc(OC)c(CC(=O)N2c3cccc(O)c3NC3=C([C@H]2c2ccc(OCc4ccsc4)cc2F)S(=O)(=O)CC(C)(C)C3)c1. The van der Waals surface area contributed by atoms with Gasteiger partial charge >= 0.3 is 0 Å². The largest absolute Gasteiger partial charge is 0.506 e. The molecular weight excluding hydrogens is 644 g/mol. The summed E-state index contributed by atoms with van der Waals surface area (Å²) in [6, 6.07) is 14.4. The van der Waals surface area contributed by atoms with Crippen LogP contribution in [0.4, 0.5) is 15.8 Å². The Balaban J connectivity index is 1.54. The summed E-state index contributed by atoms with van der Waals surface area (Å²) in [6.45, 7) is 3.90. The van der Waals surface area contributed by atoms with E-state index in [0.717, 1.165) is 5.56 Å². The van der Waals surface area contributed by atoms with Crippen LogP contribution in [0, 0.1) is 11.2 Å². The first kappa shape index (κ1) is 32.4. The number of hydrogen-bond donors (Lipinski definition) is 2. The van der Waals surface area contributed by atoms with Crippen LogP contribution in [0.25, 0.3) is 0 Å². The summed E-state index contributed by atoms with van der Waals surface area (Å²) in [7, 11) is -1.09. The lowest BCUT2D eigenvalue weighted by molar-refractivity contribution is -0.118. The molecule has 2 N–H and O–H groups in total. The Kier molecular flexibility index (Phi) is 8.66. The molecule has 2 aliphatic rings. The zero-order valence-corrected chi connectivity index (χ0v) is 28.0. The molecule has 4 aromatic rings. The average molecular weight is 679 g/mol. The van der Waals surface area contributed by atoms with Gasteiger partial charge in [-0.3, -0.25) is 9.69 Å². The third-order valence-corrected chi connectivity index (χ3v) is 11.3. The highest BCUT2D eigenvalue weighted by Crippen LogP contribution is 2.52. The third kappa shape index (κ3) is 6.39. The van der Waals surface area contributed by atoms with Gasteiger partial charge in [-0.15, -0.1) is 0 Å². The van der Waals surface area contributed by atoms with Crippen LogP contribution in [-0.4, -0.2) is 39.4 Å². The van der Waals surface area contributed by atoms with E-state index in [-0.39, 0.29) is 58.5 Å². The number of hydrogen-bond acceptors (Lipinski definition) is 9. The van der Waals surface area contributed by atoms with Crippen LogP contribution in [0.3, 0.4) is 0 Å². The fraction of sp³-hybridized carbons (Fsp3) is 0.286. The summed E-state index contributed by atoms with van der Waals surface area (Å²) < 4.78 is 61.6. The number of methoxy groups -OCH3 is 2. The van der Waals surface area contributed by atoms with Crippen LogP contribution in [0.5, 0.6) is 23.0 Å². The van der Waals surface area contributed by atoms with Crippen molar-refractivity contribution in [3.63, 3.8) is 0 Å². The van der Waals surface area contributed by atoms with Gasteiger partial charge < -0.3 is 24.6 Å². The summed E-state index contributed by atoms with van der Waals surface area (Å²) in [4.78, 5) is 15.8. The van der Waals surface area contributed by atoms with E-state index in [4.69, 9.17) is 14.2 Å². The smallest absolute Gasteiger partial charge is 0.232 e. The summed E-state index contributed by atoms with van der Waals surface area (Å²) in [5.74, 6) is -0.537. The maximum absolute atomic E-state index is 16.4. The molecule has 0 saturated heterocycles. The fourth-order valence-electron chi connectivity index (χ4n) is 6.29. The first-order chi connectivity index (χ1) is 22.4. The summed E-state index contributed by atoms with van der Waals surface area (Å²) in [5, 5.41) is 18.1. The van der Waals surface area contributed by atoms with Crippen molar-refractivity contribution in [2.24, 2.45) is 5.41 Å². The summed E-state index contributed by atoms with van der Waals surface area (Å²) >= 11 is 1.52. The van der Waals surface area contributed by atoms with Crippen LogP contribution in [0.1, 0.15) is 43.0 Å². The number of phenolic OH excluding ortho intramolecular Hbond substituents is 1. The number of anilines is 2. The molecule has 0 aliphatic carbocycles. The Labute approximate surface area is 277 Å². The molecule has 6 rings (SSSR count). The lowest BCUT2D eigenvalue weighted by Crippen LogP contribution is -2.42. The predicted octanol–water partition coefficient (Wildman–Crippen LogP) is 6.99. The van der Waals surface area contributed by atoms with E-state index in [1.54, 1.807) is 36.4 Å². The van der Waals surface area contributed by atoms with E-state index >= 15 is 4.39 Å². The topological polar surface area (TPSA) is 114 Å². The molecule has 47 heavy (non-hydrogen) atoms. The molecule has 12 heteroatoms. The Bertz CT molecular complexity index is 1970. The quantitative estimate of drug-likeness (QED) is 0.192. The molecule has 1 atom stereocenters. The third-order valence-electron chi connectivity index (χ3n) is 8.28. The number of allylic oxidation sites excluding steroid dienone is 1. The molecule has 0 fully saturated rings. The molecule has 0 radical (unpaired) electrons. The molecule has 1 aromatic heterocycles. The molecule has 0 unspecified atom stereocenters. The van der Waals surface area contributed by atoms with Crippen LogP contribution in [0.15, 0.2) is 82.0 Å². The van der Waals surface area contributed by atoms with Gasteiger partial charge in [-0.05, 0) is 76.7 Å². The predicted molar refractivity (Wildman–Crippen MR) is 179 cm³/mol. The number of nitrogens with zero attached hydrogens (tertiary/aromatic N) is 1. The van der Waals surface area contributed by atoms with Crippen LogP contribution in [-0.2, 0) is 27.7 Å². The number of amides is 1. The number of fused-ring (bicyclic) bond motifs is 1. The monoisotopic (exact) mass is 678 g/mol. The van der Waals surface area contributed by atoms with Crippen molar-refractivity contribution in [3.8, 4) is 23.0 Å². The number of carbonyl (C=O) groups excluding carboxylic acids is 1. The van der Waals surface area contributed by atoms with Crippen molar-refractivity contribution in [2.75, 3.05) is 30.2 Å².